The summed E-state index contributed by atoms with van der Waals surface area (Å²) in [7, 11) is 3.25. The smallest absolute Gasteiger partial charge is 0.226 e. The quantitative estimate of drug-likeness (QED) is 0.653. The van der Waals surface area contributed by atoms with Crippen LogP contribution in [0, 0.1) is 0 Å². The van der Waals surface area contributed by atoms with Gasteiger partial charge in [-0.1, -0.05) is 0 Å². The van der Waals surface area contributed by atoms with Gasteiger partial charge in [0.1, 0.15) is 18.6 Å². The topological polar surface area (TPSA) is 79.9 Å². The van der Waals surface area contributed by atoms with E-state index in [4.69, 9.17) is 10.2 Å². The summed E-state index contributed by atoms with van der Waals surface area (Å²) in [6, 6.07) is 1.04. The van der Waals surface area contributed by atoms with E-state index in [1.165, 1.54) is 0 Å². The van der Waals surface area contributed by atoms with Crippen LogP contribution in [0.5, 0.6) is 5.75 Å². The van der Waals surface area contributed by atoms with Crippen molar-refractivity contribution >= 4 is 0 Å². The molecule has 0 aliphatic rings. The van der Waals surface area contributed by atoms with Crippen LogP contribution in [0.15, 0.2) is 21.5 Å². The van der Waals surface area contributed by atoms with Gasteiger partial charge < -0.3 is 19.4 Å². The van der Waals surface area contributed by atoms with E-state index in [0.717, 1.165) is 12.3 Å². The summed E-state index contributed by atoms with van der Waals surface area (Å²) < 4.78 is 8.84. The molecule has 1 aromatic heterocycles. The van der Waals surface area contributed by atoms with Gasteiger partial charge in [0.05, 0.1) is 0 Å². The molecule has 0 bridgehead atoms. The van der Waals surface area contributed by atoms with Crippen molar-refractivity contribution in [3.63, 3.8) is 0 Å². The third-order valence-electron chi connectivity index (χ3n) is 1.02. The predicted molar refractivity (Wildman–Crippen MR) is 45.5 cm³/mol. The third kappa shape index (κ3) is 4.29. The van der Waals surface area contributed by atoms with Gasteiger partial charge in [0.2, 0.25) is 5.43 Å². The molecule has 0 unspecified atom stereocenters. The Morgan fingerprint density at radius 2 is 2.08 bits per heavy atom. The molecule has 1 rings (SSSR count). The summed E-state index contributed by atoms with van der Waals surface area (Å²) in [5, 5.41) is 17.1. The molecule has 0 aliphatic heterocycles. The van der Waals surface area contributed by atoms with Crippen LogP contribution in [0.3, 0.4) is 0 Å². The van der Waals surface area contributed by atoms with Crippen LogP contribution >= 0.6 is 0 Å². The number of rotatable bonds is 1. The SMILES string of the molecule is COC.O=c1cc(CO)occ1O. The average Bonchev–Trinajstić information content (AvgIpc) is 2.11. The molecule has 0 saturated heterocycles. The van der Waals surface area contributed by atoms with Crippen molar-refractivity contribution in [2.75, 3.05) is 14.2 Å². The van der Waals surface area contributed by atoms with Crippen LogP contribution in [0.25, 0.3) is 0 Å². The molecule has 0 aliphatic carbocycles. The second-order valence-corrected chi connectivity index (χ2v) is 2.16. The van der Waals surface area contributed by atoms with Gasteiger partial charge in [-0.05, 0) is 0 Å². The standard InChI is InChI=1S/C6H6O4.C2H6O/c7-2-4-1-5(8)6(9)3-10-4;1-3-2/h1,3,7,9H,2H2;1-2H3. The first-order valence-corrected chi connectivity index (χ1v) is 3.47. The molecule has 1 aromatic rings. The van der Waals surface area contributed by atoms with Crippen LogP contribution in [-0.4, -0.2) is 24.4 Å². The van der Waals surface area contributed by atoms with Crippen LogP contribution < -0.4 is 5.43 Å². The van der Waals surface area contributed by atoms with Gasteiger partial charge in [0, 0.05) is 20.3 Å². The lowest BCUT2D eigenvalue weighted by atomic mass is 10.4. The molecule has 0 radical (unpaired) electrons. The zero-order valence-electron chi connectivity index (χ0n) is 7.48. The van der Waals surface area contributed by atoms with Crippen LogP contribution in [0.1, 0.15) is 5.76 Å². The van der Waals surface area contributed by atoms with Crippen molar-refractivity contribution in [2.45, 2.75) is 6.61 Å². The largest absolute Gasteiger partial charge is 0.502 e. The Morgan fingerprint density at radius 3 is 2.46 bits per heavy atom. The molecule has 1 heterocycles. The summed E-state index contributed by atoms with van der Waals surface area (Å²) in [6.45, 7) is -0.338. The summed E-state index contributed by atoms with van der Waals surface area (Å²) in [5.74, 6) is -0.306. The van der Waals surface area contributed by atoms with Crippen molar-refractivity contribution < 1.29 is 19.4 Å². The number of hydrogen-bond acceptors (Lipinski definition) is 5. The van der Waals surface area contributed by atoms with Gasteiger partial charge in [-0.25, -0.2) is 0 Å². The van der Waals surface area contributed by atoms with E-state index in [0.29, 0.717) is 0 Å². The van der Waals surface area contributed by atoms with Gasteiger partial charge in [-0.15, -0.1) is 0 Å². The molecule has 0 spiro atoms. The highest BCUT2D eigenvalue weighted by molar-refractivity contribution is 5.14. The number of ether oxygens (including phenoxy) is 1. The van der Waals surface area contributed by atoms with Crippen molar-refractivity contribution in [3.8, 4) is 5.75 Å². The Morgan fingerprint density at radius 1 is 1.54 bits per heavy atom. The number of aromatic hydroxyl groups is 1. The van der Waals surface area contributed by atoms with Crippen molar-refractivity contribution in [3.05, 3.63) is 28.3 Å². The number of aliphatic hydroxyl groups excluding tert-OH is 1. The number of aliphatic hydroxyl groups is 1. The molecule has 74 valence electrons. The summed E-state index contributed by atoms with van der Waals surface area (Å²) >= 11 is 0. The second-order valence-electron chi connectivity index (χ2n) is 2.16. The summed E-state index contributed by atoms with van der Waals surface area (Å²) in [6.07, 6.45) is 0.897. The highest BCUT2D eigenvalue weighted by Crippen LogP contribution is 2.01. The molecular formula is C8H12O5. The van der Waals surface area contributed by atoms with Crippen LogP contribution in [-0.2, 0) is 11.3 Å². The monoisotopic (exact) mass is 188 g/mol. The van der Waals surface area contributed by atoms with E-state index < -0.39 is 11.2 Å². The van der Waals surface area contributed by atoms with E-state index in [1.54, 1.807) is 14.2 Å². The maximum absolute atomic E-state index is 10.6. The predicted octanol–water partition coefficient (Wildman–Crippen LogP) is 0.100. The lowest BCUT2D eigenvalue weighted by Gasteiger charge is -1.92. The molecule has 0 saturated carbocycles. The maximum Gasteiger partial charge on any atom is 0.226 e. The van der Waals surface area contributed by atoms with Gasteiger partial charge in [-0.2, -0.15) is 0 Å². The summed E-state index contributed by atoms with van der Waals surface area (Å²) in [4.78, 5) is 10.6. The molecule has 5 heteroatoms. The first-order chi connectivity index (χ1) is 6.15. The fourth-order valence-electron chi connectivity index (χ4n) is 0.527. The van der Waals surface area contributed by atoms with Crippen molar-refractivity contribution in [1.82, 2.24) is 0 Å². The first-order valence-electron chi connectivity index (χ1n) is 3.47. The van der Waals surface area contributed by atoms with Crippen LogP contribution in [0.4, 0.5) is 0 Å². The van der Waals surface area contributed by atoms with E-state index >= 15 is 0 Å². The molecular weight excluding hydrogens is 176 g/mol. The molecule has 13 heavy (non-hydrogen) atoms. The zero-order chi connectivity index (χ0) is 10.3. The average molecular weight is 188 g/mol. The van der Waals surface area contributed by atoms with Crippen molar-refractivity contribution in [2.24, 2.45) is 0 Å². The molecule has 5 nitrogen and oxygen atoms in total. The van der Waals surface area contributed by atoms with Crippen molar-refractivity contribution in [1.29, 1.82) is 0 Å². The highest BCUT2D eigenvalue weighted by atomic mass is 16.4. The van der Waals surface area contributed by atoms with Gasteiger partial charge >= 0.3 is 0 Å². The molecule has 0 amide bonds. The molecule has 2 N–H and O–H groups in total. The maximum atomic E-state index is 10.6. The second kappa shape index (κ2) is 6.22. The normalized spacial score (nSPS) is 8.85. The molecule has 0 fully saturated rings. The van der Waals surface area contributed by atoms with Crippen LogP contribution in [0.2, 0.25) is 0 Å². The summed E-state index contributed by atoms with van der Waals surface area (Å²) in [5.41, 5.74) is -0.546. The Kier molecular flexibility index (Phi) is 5.58. The molecule has 0 aromatic carbocycles. The third-order valence-corrected chi connectivity index (χ3v) is 1.02. The Hall–Kier alpha value is -1.33. The Balaban J connectivity index is 0.000000424. The Labute approximate surface area is 75.2 Å². The first kappa shape index (κ1) is 11.7. The fraction of sp³-hybridized carbons (Fsp3) is 0.375. The highest BCUT2D eigenvalue weighted by Gasteiger charge is 1.98. The molecule has 0 atom stereocenters. The number of methoxy groups -OCH3 is 1. The van der Waals surface area contributed by atoms with E-state index in [2.05, 4.69) is 9.15 Å². The van der Waals surface area contributed by atoms with E-state index in [-0.39, 0.29) is 12.4 Å². The minimum atomic E-state index is -0.546. The Bertz CT molecular complexity index is 291. The number of hydrogen-bond donors (Lipinski definition) is 2. The van der Waals surface area contributed by atoms with E-state index in [1.807, 2.05) is 0 Å². The lowest BCUT2D eigenvalue weighted by Crippen LogP contribution is -1.99. The van der Waals surface area contributed by atoms with Gasteiger partial charge in [0.15, 0.2) is 5.75 Å². The van der Waals surface area contributed by atoms with Gasteiger partial charge in [0.25, 0.3) is 0 Å². The van der Waals surface area contributed by atoms with E-state index in [9.17, 15) is 4.79 Å². The lowest BCUT2D eigenvalue weighted by molar-refractivity contribution is 0.241. The minimum absolute atomic E-state index is 0.141. The minimum Gasteiger partial charge on any atom is -0.502 e. The van der Waals surface area contributed by atoms with Gasteiger partial charge in [-0.3, -0.25) is 4.79 Å². The zero-order valence-corrected chi connectivity index (χ0v) is 7.48. The fourth-order valence-corrected chi connectivity index (χ4v) is 0.527.